The molecule has 0 aliphatic carbocycles. The van der Waals surface area contributed by atoms with E-state index >= 15 is 0 Å². The summed E-state index contributed by atoms with van der Waals surface area (Å²) in [4.78, 5) is 25.2. The van der Waals surface area contributed by atoms with Crippen LogP contribution < -0.4 is 15.8 Å². The van der Waals surface area contributed by atoms with Crippen molar-refractivity contribution >= 4 is 8.25 Å². The molecule has 3 rings (SSSR count). The molecule has 0 bridgehead atoms. The first kappa shape index (κ1) is 18.5. The van der Waals surface area contributed by atoms with E-state index in [-0.39, 0.29) is 6.61 Å². The Morgan fingerprint density at radius 3 is 2.69 bits per heavy atom. The van der Waals surface area contributed by atoms with E-state index < -0.39 is 43.9 Å². The Bertz CT molecular complexity index is 882. The minimum absolute atomic E-state index is 0.178. The Morgan fingerprint density at radius 1 is 1.27 bits per heavy atom. The second kappa shape index (κ2) is 7.92. The summed E-state index contributed by atoms with van der Waals surface area (Å²) >= 11 is 0. The summed E-state index contributed by atoms with van der Waals surface area (Å²) in [7, 11) is -2.44. The average molecular weight is 381 g/mol. The predicted molar refractivity (Wildman–Crippen MR) is 91.0 cm³/mol. The van der Waals surface area contributed by atoms with E-state index in [1.165, 1.54) is 16.8 Å². The molecular formula is C16H18N2O7P+. The number of hydrogen-bond acceptors (Lipinski definition) is 7. The van der Waals surface area contributed by atoms with E-state index in [4.69, 9.17) is 13.8 Å². The molecule has 2 aromatic rings. The van der Waals surface area contributed by atoms with Crippen LogP contribution in [0.5, 0.6) is 5.75 Å². The summed E-state index contributed by atoms with van der Waals surface area (Å²) in [5, 5.41) is 10.3. The van der Waals surface area contributed by atoms with Crippen molar-refractivity contribution in [2.75, 3.05) is 6.61 Å². The van der Waals surface area contributed by atoms with Crippen LogP contribution in [-0.2, 0) is 13.8 Å². The number of aliphatic hydroxyl groups excluding tert-OH is 1. The van der Waals surface area contributed by atoms with Gasteiger partial charge in [0, 0.05) is 22.7 Å². The monoisotopic (exact) mass is 381 g/mol. The van der Waals surface area contributed by atoms with Crippen molar-refractivity contribution in [1.82, 2.24) is 9.55 Å². The molecule has 2 heterocycles. The molecule has 0 amide bonds. The standard InChI is InChI=1S/C16H17N2O7P/c1-10-14(20)12(9-23-26(22)25-11-5-3-2-4-6-11)24-15(10)18-8-7-13(19)17-16(18)21/h2-8,10,12,14-15,20H,9H2,1H3/p+1/t10-,12+,14-,15+/m0/s1. The molecule has 1 aromatic heterocycles. The fraction of sp³-hybridized carbons (Fsp3) is 0.375. The summed E-state index contributed by atoms with van der Waals surface area (Å²) in [6, 6.07) is 9.73. The van der Waals surface area contributed by atoms with Gasteiger partial charge in [-0.25, -0.2) is 9.32 Å². The van der Waals surface area contributed by atoms with Gasteiger partial charge in [-0.2, -0.15) is 0 Å². The van der Waals surface area contributed by atoms with Crippen molar-refractivity contribution in [3.05, 3.63) is 63.4 Å². The van der Waals surface area contributed by atoms with E-state index in [0.717, 1.165) is 0 Å². The molecule has 138 valence electrons. The van der Waals surface area contributed by atoms with E-state index in [1.54, 1.807) is 37.3 Å². The number of hydrogen-bond donors (Lipinski definition) is 2. The first-order chi connectivity index (χ1) is 12.5. The molecule has 1 saturated heterocycles. The topological polar surface area (TPSA) is 120 Å². The number of aromatic amines is 1. The van der Waals surface area contributed by atoms with Crippen LogP contribution in [0, 0.1) is 5.92 Å². The molecule has 1 fully saturated rings. The zero-order valence-corrected chi connectivity index (χ0v) is 14.7. The minimum atomic E-state index is -2.44. The third kappa shape index (κ3) is 4.08. The van der Waals surface area contributed by atoms with Gasteiger partial charge in [0.15, 0.2) is 5.75 Å². The molecule has 1 aliphatic rings. The first-order valence-corrected chi connectivity index (χ1v) is 9.03. The lowest BCUT2D eigenvalue weighted by Crippen LogP contribution is -2.33. The van der Waals surface area contributed by atoms with Gasteiger partial charge in [-0.3, -0.25) is 14.3 Å². The summed E-state index contributed by atoms with van der Waals surface area (Å²) in [6.45, 7) is 1.52. The third-order valence-electron chi connectivity index (χ3n) is 4.08. The van der Waals surface area contributed by atoms with Crippen molar-refractivity contribution < 1.29 is 23.5 Å². The summed E-state index contributed by atoms with van der Waals surface area (Å²) < 4.78 is 29.0. The van der Waals surface area contributed by atoms with Crippen LogP contribution in [0.2, 0.25) is 0 Å². The second-order valence-electron chi connectivity index (χ2n) is 5.86. The average Bonchev–Trinajstić information content (AvgIpc) is 2.89. The lowest BCUT2D eigenvalue weighted by atomic mass is 10.0. The van der Waals surface area contributed by atoms with Gasteiger partial charge in [0.05, 0.1) is 6.10 Å². The number of nitrogens with zero attached hydrogens (tertiary/aromatic N) is 1. The molecular weight excluding hydrogens is 363 g/mol. The highest BCUT2D eigenvalue weighted by Crippen LogP contribution is 2.35. The largest absolute Gasteiger partial charge is 0.750 e. The van der Waals surface area contributed by atoms with E-state index in [2.05, 4.69) is 4.98 Å². The maximum Gasteiger partial charge on any atom is 0.750 e. The zero-order valence-electron chi connectivity index (χ0n) is 13.8. The number of para-hydroxylation sites is 1. The Kier molecular flexibility index (Phi) is 5.63. The Labute approximate surface area is 149 Å². The van der Waals surface area contributed by atoms with E-state index in [0.29, 0.717) is 5.75 Å². The van der Waals surface area contributed by atoms with E-state index in [1.807, 2.05) is 0 Å². The molecule has 0 spiro atoms. The second-order valence-corrected chi connectivity index (χ2v) is 6.74. The van der Waals surface area contributed by atoms with Gasteiger partial charge < -0.3 is 9.84 Å². The number of ether oxygens (including phenoxy) is 1. The number of H-pyrrole nitrogens is 1. The first-order valence-electron chi connectivity index (χ1n) is 7.94. The Morgan fingerprint density at radius 2 is 2.00 bits per heavy atom. The van der Waals surface area contributed by atoms with Crippen LogP contribution in [0.25, 0.3) is 0 Å². The van der Waals surface area contributed by atoms with Crippen molar-refractivity contribution in [3.8, 4) is 5.75 Å². The van der Waals surface area contributed by atoms with Gasteiger partial charge in [0.2, 0.25) is 0 Å². The van der Waals surface area contributed by atoms with Crippen molar-refractivity contribution in [3.63, 3.8) is 0 Å². The highest BCUT2D eigenvalue weighted by atomic mass is 31.1. The predicted octanol–water partition coefficient (Wildman–Crippen LogP) is 1.18. The van der Waals surface area contributed by atoms with E-state index in [9.17, 15) is 19.3 Å². The van der Waals surface area contributed by atoms with Crippen LogP contribution in [0.3, 0.4) is 0 Å². The molecule has 1 unspecified atom stereocenters. The van der Waals surface area contributed by atoms with Crippen LogP contribution in [0.1, 0.15) is 13.2 Å². The fourth-order valence-corrected chi connectivity index (χ4v) is 3.32. The van der Waals surface area contributed by atoms with Gasteiger partial charge in [0.25, 0.3) is 5.56 Å². The van der Waals surface area contributed by atoms with Crippen LogP contribution in [0.4, 0.5) is 0 Å². The molecule has 26 heavy (non-hydrogen) atoms. The minimum Gasteiger partial charge on any atom is -0.390 e. The number of nitrogens with one attached hydrogen (secondary N) is 1. The quantitative estimate of drug-likeness (QED) is 0.721. The molecule has 5 atom stereocenters. The lowest BCUT2D eigenvalue weighted by Gasteiger charge is -2.17. The third-order valence-corrected chi connectivity index (χ3v) is 4.80. The Balaban J connectivity index is 1.62. The summed E-state index contributed by atoms with van der Waals surface area (Å²) in [5.41, 5.74) is -1.16. The van der Waals surface area contributed by atoms with Gasteiger partial charge in [-0.1, -0.05) is 25.1 Å². The van der Waals surface area contributed by atoms with Crippen LogP contribution >= 0.6 is 8.25 Å². The number of benzene rings is 1. The molecule has 1 aromatic carbocycles. The highest BCUT2D eigenvalue weighted by molar-refractivity contribution is 7.33. The van der Waals surface area contributed by atoms with Gasteiger partial charge in [-0.05, 0) is 12.1 Å². The molecule has 0 radical (unpaired) electrons. The molecule has 2 N–H and O–H groups in total. The van der Waals surface area contributed by atoms with Crippen molar-refractivity contribution in [1.29, 1.82) is 0 Å². The molecule has 9 nitrogen and oxygen atoms in total. The van der Waals surface area contributed by atoms with Crippen molar-refractivity contribution in [2.24, 2.45) is 5.92 Å². The van der Waals surface area contributed by atoms with Gasteiger partial charge in [0.1, 0.15) is 18.9 Å². The maximum atomic E-state index is 11.9. The SMILES string of the molecule is C[C@H]1[C@H](O)[C@@H](CO[P+](=O)Oc2ccccc2)O[C@H]1n1ccc(=O)[nH]c1=O. The maximum absolute atomic E-state index is 11.9. The van der Waals surface area contributed by atoms with Crippen molar-refractivity contribution in [2.45, 2.75) is 25.4 Å². The summed E-state index contributed by atoms with van der Waals surface area (Å²) in [6.07, 6.45) is -1.22. The molecule has 1 aliphatic heterocycles. The summed E-state index contributed by atoms with van der Waals surface area (Å²) in [5.74, 6) is -0.0485. The highest BCUT2D eigenvalue weighted by Gasteiger charge is 2.44. The number of rotatable bonds is 6. The number of aromatic nitrogens is 2. The molecule has 10 heteroatoms. The molecule has 0 saturated carbocycles. The number of aliphatic hydroxyl groups is 1. The van der Waals surface area contributed by atoms with Crippen LogP contribution in [-0.4, -0.2) is 33.5 Å². The normalized spacial score (nSPS) is 25.8. The Hall–Kier alpha value is -2.32. The lowest BCUT2D eigenvalue weighted by molar-refractivity contribution is -0.0430. The van der Waals surface area contributed by atoms with Gasteiger partial charge >= 0.3 is 13.9 Å². The van der Waals surface area contributed by atoms with Gasteiger partial charge in [-0.15, -0.1) is 4.52 Å². The van der Waals surface area contributed by atoms with Crippen LogP contribution in [0.15, 0.2) is 52.2 Å². The fourth-order valence-electron chi connectivity index (χ4n) is 2.70. The zero-order chi connectivity index (χ0) is 18.7. The smallest absolute Gasteiger partial charge is 0.390 e.